The minimum atomic E-state index is 0.168. The molecule has 4 rings (SSSR count). The Labute approximate surface area is 145 Å². The molecule has 0 bridgehead atoms. The van der Waals surface area contributed by atoms with Gasteiger partial charge in [-0.3, -0.25) is 4.98 Å². The van der Waals surface area contributed by atoms with Gasteiger partial charge in [-0.25, -0.2) is 0 Å². The summed E-state index contributed by atoms with van der Waals surface area (Å²) in [6, 6.07) is 7.88. The van der Waals surface area contributed by atoms with Crippen molar-refractivity contribution in [1.82, 2.24) is 10.1 Å². The molecule has 0 radical (unpaired) electrons. The van der Waals surface area contributed by atoms with Crippen LogP contribution in [-0.2, 0) is 4.74 Å². The molecule has 2 atom stereocenters. The van der Waals surface area contributed by atoms with Gasteiger partial charge >= 0.3 is 0 Å². The van der Waals surface area contributed by atoms with Crippen LogP contribution in [0.2, 0.25) is 5.02 Å². The molecule has 0 saturated carbocycles. The smallest absolute Gasteiger partial charge is 0.188 e. The molecule has 2 aromatic heterocycles. The van der Waals surface area contributed by atoms with Crippen LogP contribution in [0, 0.1) is 0 Å². The van der Waals surface area contributed by atoms with Gasteiger partial charge in [-0.1, -0.05) is 16.8 Å². The van der Waals surface area contributed by atoms with E-state index in [0.29, 0.717) is 10.6 Å². The third-order valence-electron chi connectivity index (χ3n) is 4.26. The zero-order chi connectivity index (χ0) is 16.7. The number of halogens is 1. The first kappa shape index (κ1) is 15.4. The number of hydrogen-bond acceptors (Lipinski definition) is 5. The Morgan fingerprint density at radius 3 is 2.67 bits per heavy atom. The number of aromatic nitrogens is 2. The van der Waals surface area contributed by atoms with Gasteiger partial charge in [-0.15, -0.1) is 0 Å². The van der Waals surface area contributed by atoms with Crippen molar-refractivity contribution < 1.29 is 9.26 Å². The maximum absolute atomic E-state index is 6.64. The summed E-state index contributed by atoms with van der Waals surface area (Å²) in [5.41, 5.74) is 3.24. The quantitative estimate of drug-likeness (QED) is 0.699. The van der Waals surface area contributed by atoms with E-state index in [1.807, 2.05) is 24.3 Å². The Bertz CT molecular complexity index is 855. The molecule has 0 N–H and O–H groups in total. The summed E-state index contributed by atoms with van der Waals surface area (Å²) >= 11 is 6.64. The van der Waals surface area contributed by atoms with Crippen LogP contribution in [0.5, 0.6) is 0 Å². The number of fused-ring (bicyclic) bond motifs is 1. The van der Waals surface area contributed by atoms with Crippen molar-refractivity contribution in [3.8, 4) is 11.3 Å². The van der Waals surface area contributed by atoms with Gasteiger partial charge in [0.15, 0.2) is 5.58 Å². The van der Waals surface area contributed by atoms with Gasteiger partial charge in [0, 0.05) is 31.0 Å². The molecule has 0 unspecified atom stereocenters. The Kier molecular flexibility index (Phi) is 3.90. The number of rotatable bonds is 2. The second-order valence-corrected chi connectivity index (χ2v) is 6.59. The topological polar surface area (TPSA) is 51.4 Å². The Balaban J connectivity index is 1.77. The Hall–Kier alpha value is -2.11. The highest BCUT2D eigenvalue weighted by Gasteiger charge is 2.25. The van der Waals surface area contributed by atoms with E-state index in [4.69, 9.17) is 20.9 Å². The SMILES string of the molecule is C[C@@H]1CN(c2ccc3c(-c4cccnc4)noc3c2Cl)C[C@H](C)O1. The molecule has 1 aliphatic rings. The summed E-state index contributed by atoms with van der Waals surface area (Å²) in [6.45, 7) is 5.76. The van der Waals surface area contributed by atoms with Crippen LogP contribution in [0.3, 0.4) is 0 Å². The lowest BCUT2D eigenvalue weighted by Gasteiger charge is -2.37. The van der Waals surface area contributed by atoms with Crippen molar-refractivity contribution in [3.63, 3.8) is 0 Å². The number of hydrogen-bond donors (Lipinski definition) is 0. The number of anilines is 1. The van der Waals surface area contributed by atoms with E-state index >= 15 is 0 Å². The van der Waals surface area contributed by atoms with Gasteiger partial charge in [-0.2, -0.15) is 0 Å². The fraction of sp³-hybridized carbons (Fsp3) is 0.333. The van der Waals surface area contributed by atoms with E-state index < -0.39 is 0 Å². The van der Waals surface area contributed by atoms with Gasteiger partial charge in [-0.05, 0) is 38.1 Å². The van der Waals surface area contributed by atoms with Gasteiger partial charge in [0.1, 0.15) is 10.7 Å². The minimum Gasteiger partial charge on any atom is -0.372 e. The lowest BCUT2D eigenvalue weighted by molar-refractivity contribution is -0.00520. The molecule has 24 heavy (non-hydrogen) atoms. The molecule has 1 fully saturated rings. The maximum Gasteiger partial charge on any atom is 0.188 e. The first-order chi connectivity index (χ1) is 11.6. The second kappa shape index (κ2) is 6.07. The minimum absolute atomic E-state index is 0.168. The second-order valence-electron chi connectivity index (χ2n) is 6.21. The summed E-state index contributed by atoms with van der Waals surface area (Å²) in [6.07, 6.45) is 3.84. The van der Waals surface area contributed by atoms with Crippen molar-refractivity contribution in [2.75, 3.05) is 18.0 Å². The number of morpholine rings is 1. The molecule has 124 valence electrons. The molecule has 0 amide bonds. The van der Waals surface area contributed by atoms with Crippen molar-refractivity contribution in [3.05, 3.63) is 41.7 Å². The van der Waals surface area contributed by atoms with Crippen LogP contribution in [-0.4, -0.2) is 35.4 Å². The molecule has 1 aliphatic heterocycles. The molecule has 5 nitrogen and oxygen atoms in total. The normalized spacial score (nSPS) is 21.4. The van der Waals surface area contributed by atoms with Gasteiger partial charge in [0.2, 0.25) is 0 Å². The molecule has 1 aromatic carbocycles. The van der Waals surface area contributed by atoms with Crippen LogP contribution in [0.15, 0.2) is 41.2 Å². The molecule has 0 aliphatic carbocycles. The fourth-order valence-corrected chi connectivity index (χ4v) is 3.61. The summed E-state index contributed by atoms with van der Waals surface area (Å²) in [4.78, 5) is 6.38. The molecule has 6 heteroatoms. The van der Waals surface area contributed by atoms with Gasteiger partial charge in [0.25, 0.3) is 0 Å². The number of benzene rings is 1. The Morgan fingerprint density at radius 1 is 1.17 bits per heavy atom. The fourth-order valence-electron chi connectivity index (χ4n) is 3.29. The van der Waals surface area contributed by atoms with E-state index in [1.54, 1.807) is 12.4 Å². The molecule has 3 heterocycles. The average Bonchev–Trinajstić information content (AvgIpc) is 3.00. The van der Waals surface area contributed by atoms with Crippen LogP contribution < -0.4 is 4.90 Å². The van der Waals surface area contributed by atoms with Crippen LogP contribution in [0.1, 0.15) is 13.8 Å². The third kappa shape index (κ3) is 2.64. The van der Waals surface area contributed by atoms with Crippen molar-refractivity contribution in [2.45, 2.75) is 26.1 Å². The summed E-state index contributed by atoms with van der Waals surface area (Å²) in [5.74, 6) is 0. The standard InChI is InChI=1S/C18H18ClN3O2/c1-11-9-22(10-12(2)23-11)15-6-5-14-17(13-4-3-7-20-8-13)21-24-18(14)16(15)19/h3-8,11-12H,9-10H2,1-2H3/t11-,12+. The summed E-state index contributed by atoms with van der Waals surface area (Å²) in [7, 11) is 0. The van der Waals surface area contributed by atoms with E-state index in [-0.39, 0.29) is 12.2 Å². The largest absolute Gasteiger partial charge is 0.372 e. The predicted molar refractivity (Wildman–Crippen MR) is 94.5 cm³/mol. The molecular formula is C18H18ClN3O2. The monoisotopic (exact) mass is 343 g/mol. The maximum atomic E-state index is 6.64. The molecular weight excluding hydrogens is 326 g/mol. The van der Waals surface area contributed by atoms with Crippen molar-refractivity contribution in [2.24, 2.45) is 0 Å². The highest BCUT2D eigenvalue weighted by molar-refractivity contribution is 6.37. The van der Waals surface area contributed by atoms with E-state index in [0.717, 1.165) is 35.4 Å². The third-order valence-corrected chi connectivity index (χ3v) is 4.62. The van der Waals surface area contributed by atoms with Crippen molar-refractivity contribution in [1.29, 1.82) is 0 Å². The average molecular weight is 344 g/mol. The van der Waals surface area contributed by atoms with Crippen molar-refractivity contribution >= 4 is 28.3 Å². The van der Waals surface area contributed by atoms with E-state index in [2.05, 4.69) is 28.9 Å². The van der Waals surface area contributed by atoms with Gasteiger partial charge in [0.05, 0.1) is 23.3 Å². The zero-order valence-electron chi connectivity index (χ0n) is 13.6. The van der Waals surface area contributed by atoms with Crippen LogP contribution >= 0.6 is 11.6 Å². The van der Waals surface area contributed by atoms with Crippen LogP contribution in [0.4, 0.5) is 5.69 Å². The lowest BCUT2D eigenvalue weighted by Crippen LogP contribution is -2.45. The van der Waals surface area contributed by atoms with E-state index in [9.17, 15) is 0 Å². The van der Waals surface area contributed by atoms with E-state index in [1.165, 1.54) is 0 Å². The van der Waals surface area contributed by atoms with Gasteiger partial charge < -0.3 is 14.2 Å². The molecule has 3 aromatic rings. The molecule has 0 spiro atoms. The lowest BCUT2D eigenvalue weighted by atomic mass is 10.1. The number of pyridine rings is 1. The van der Waals surface area contributed by atoms with Crippen LogP contribution in [0.25, 0.3) is 22.2 Å². The number of ether oxygens (including phenoxy) is 1. The first-order valence-corrected chi connectivity index (χ1v) is 8.40. The Morgan fingerprint density at radius 2 is 1.96 bits per heavy atom. The predicted octanol–water partition coefficient (Wildman–Crippen LogP) is 4.16. The molecule has 1 saturated heterocycles. The summed E-state index contributed by atoms with van der Waals surface area (Å²) in [5, 5.41) is 5.69. The highest BCUT2D eigenvalue weighted by atomic mass is 35.5. The zero-order valence-corrected chi connectivity index (χ0v) is 14.3. The first-order valence-electron chi connectivity index (χ1n) is 8.02. The number of nitrogens with zero attached hydrogens (tertiary/aromatic N) is 3. The highest BCUT2D eigenvalue weighted by Crippen LogP contribution is 2.38. The summed E-state index contributed by atoms with van der Waals surface area (Å²) < 4.78 is 11.4.